The molecule has 0 bridgehead atoms. The van der Waals surface area contributed by atoms with E-state index in [-0.39, 0.29) is 23.7 Å². The standard InChI is InChI=1S/C34H37F2N5O5/c1-6-41(7-2)14-15-45-29-18-26-24(17-28(29)44-5)30(38-20-37-26)46-27-13-12-23(16-25(27)36)40-32(43)34(19-33(34,3)4)31(42)39-22-10-8-21(35)9-11-22/h8-13,16-18,20H,6-7,14-15,19H2,1-5H3,(H,39,42)(H,40,43). The van der Waals surface area contributed by atoms with Crippen molar-refractivity contribution < 1.29 is 32.6 Å². The fraction of sp³-hybridized carbons (Fsp3) is 0.353. The molecule has 1 unspecified atom stereocenters. The zero-order chi connectivity index (χ0) is 33.1. The van der Waals surface area contributed by atoms with E-state index in [2.05, 4.69) is 39.3 Å². The SMILES string of the molecule is CCN(CC)CCOc1cc2ncnc(Oc3ccc(NC(=O)C4(C(=O)Nc5ccc(F)cc5)CC4(C)C)cc3F)c2cc1OC. The predicted molar refractivity (Wildman–Crippen MR) is 170 cm³/mol. The van der Waals surface area contributed by atoms with Crippen molar-refractivity contribution in [3.05, 3.63) is 72.6 Å². The van der Waals surface area contributed by atoms with Crippen LogP contribution in [0.4, 0.5) is 20.2 Å². The number of amides is 2. The van der Waals surface area contributed by atoms with Crippen LogP contribution in [0.3, 0.4) is 0 Å². The Bertz CT molecular complexity index is 1750. The van der Waals surface area contributed by atoms with Crippen LogP contribution in [0.25, 0.3) is 10.9 Å². The largest absolute Gasteiger partial charge is 0.493 e. The highest BCUT2D eigenvalue weighted by Crippen LogP contribution is 2.64. The van der Waals surface area contributed by atoms with Gasteiger partial charge in [0.25, 0.3) is 0 Å². The number of carbonyl (C=O) groups is 2. The van der Waals surface area contributed by atoms with Crippen LogP contribution >= 0.6 is 0 Å². The van der Waals surface area contributed by atoms with Crippen LogP contribution in [-0.4, -0.2) is 60.0 Å². The Kier molecular flexibility index (Phi) is 9.38. The first-order valence-corrected chi connectivity index (χ1v) is 15.0. The van der Waals surface area contributed by atoms with Crippen molar-refractivity contribution in [3.63, 3.8) is 0 Å². The van der Waals surface area contributed by atoms with Crippen molar-refractivity contribution >= 4 is 34.1 Å². The molecule has 1 atom stereocenters. The molecule has 0 saturated heterocycles. The number of benzene rings is 3. The molecule has 12 heteroatoms. The van der Waals surface area contributed by atoms with Gasteiger partial charge in [-0.15, -0.1) is 0 Å². The van der Waals surface area contributed by atoms with Crippen molar-refractivity contribution in [2.24, 2.45) is 10.8 Å². The lowest BCUT2D eigenvalue weighted by Crippen LogP contribution is -2.39. The van der Waals surface area contributed by atoms with Gasteiger partial charge in [0.1, 0.15) is 24.2 Å². The summed E-state index contributed by atoms with van der Waals surface area (Å²) in [6.07, 6.45) is 1.60. The molecule has 1 fully saturated rings. The Hall–Kier alpha value is -4.84. The molecule has 242 valence electrons. The lowest BCUT2D eigenvalue weighted by molar-refractivity contribution is -0.132. The number of likely N-dealkylation sites (N-methyl/N-ethyl adjacent to an activating group) is 1. The van der Waals surface area contributed by atoms with Crippen molar-refractivity contribution in [3.8, 4) is 23.1 Å². The summed E-state index contributed by atoms with van der Waals surface area (Å²) in [6.45, 7) is 10.8. The van der Waals surface area contributed by atoms with Gasteiger partial charge in [-0.3, -0.25) is 9.59 Å². The van der Waals surface area contributed by atoms with Gasteiger partial charge in [-0.25, -0.2) is 18.7 Å². The summed E-state index contributed by atoms with van der Waals surface area (Å²) in [5.41, 5.74) is -1.01. The second-order valence-corrected chi connectivity index (χ2v) is 11.7. The molecular weight excluding hydrogens is 596 g/mol. The number of halogens is 2. The minimum atomic E-state index is -1.39. The first-order chi connectivity index (χ1) is 22.0. The predicted octanol–water partition coefficient (Wildman–Crippen LogP) is 6.42. The lowest BCUT2D eigenvalue weighted by Gasteiger charge is -2.20. The maximum Gasteiger partial charge on any atom is 0.240 e. The van der Waals surface area contributed by atoms with E-state index in [1.165, 1.54) is 49.8 Å². The number of fused-ring (bicyclic) bond motifs is 1. The van der Waals surface area contributed by atoms with Crippen molar-refractivity contribution in [1.82, 2.24) is 14.9 Å². The zero-order valence-corrected chi connectivity index (χ0v) is 26.4. The summed E-state index contributed by atoms with van der Waals surface area (Å²) in [5.74, 6) is -1.36. The molecule has 1 heterocycles. The molecule has 4 aromatic rings. The van der Waals surface area contributed by atoms with Crippen LogP contribution in [-0.2, 0) is 9.59 Å². The van der Waals surface area contributed by atoms with E-state index >= 15 is 4.39 Å². The van der Waals surface area contributed by atoms with Crippen molar-refractivity contribution in [2.75, 3.05) is 44.0 Å². The van der Waals surface area contributed by atoms with Gasteiger partial charge >= 0.3 is 0 Å². The van der Waals surface area contributed by atoms with E-state index in [1.54, 1.807) is 26.0 Å². The molecule has 46 heavy (non-hydrogen) atoms. The first kappa shape index (κ1) is 32.6. The molecule has 3 aromatic carbocycles. The highest BCUT2D eigenvalue weighted by atomic mass is 19.1. The molecule has 5 rings (SSSR count). The first-order valence-electron chi connectivity index (χ1n) is 15.0. The fourth-order valence-corrected chi connectivity index (χ4v) is 5.49. The lowest BCUT2D eigenvalue weighted by atomic mass is 9.93. The fourth-order valence-electron chi connectivity index (χ4n) is 5.49. The number of aromatic nitrogens is 2. The third kappa shape index (κ3) is 6.57. The van der Waals surface area contributed by atoms with Crippen LogP contribution in [0.15, 0.2) is 60.9 Å². The van der Waals surface area contributed by atoms with Gasteiger partial charge in [-0.05, 0) is 67.4 Å². The molecule has 0 aliphatic heterocycles. The van der Waals surface area contributed by atoms with Gasteiger partial charge in [0, 0.05) is 30.1 Å². The number of ether oxygens (including phenoxy) is 3. The highest BCUT2D eigenvalue weighted by molar-refractivity contribution is 6.18. The average molecular weight is 634 g/mol. The molecular formula is C34H37F2N5O5. The van der Waals surface area contributed by atoms with Gasteiger partial charge < -0.3 is 29.7 Å². The minimum Gasteiger partial charge on any atom is -0.493 e. The maximum atomic E-state index is 15.3. The Labute approximate surface area is 266 Å². The molecule has 1 aliphatic rings. The second-order valence-electron chi connectivity index (χ2n) is 11.7. The van der Waals surface area contributed by atoms with E-state index < -0.39 is 34.3 Å². The van der Waals surface area contributed by atoms with Crippen LogP contribution in [0.5, 0.6) is 23.1 Å². The van der Waals surface area contributed by atoms with Gasteiger partial charge in [0.05, 0.1) is 18.0 Å². The number of hydrogen-bond donors (Lipinski definition) is 2. The Balaban J connectivity index is 1.30. The summed E-state index contributed by atoms with van der Waals surface area (Å²) in [5, 5.41) is 5.86. The molecule has 0 radical (unpaired) electrons. The van der Waals surface area contributed by atoms with Crippen LogP contribution in [0.1, 0.15) is 34.1 Å². The van der Waals surface area contributed by atoms with E-state index in [9.17, 15) is 14.0 Å². The normalized spacial score (nSPS) is 16.6. The average Bonchev–Trinajstić information content (AvgIpc) is 3.64. The molecule has 10 nitrogen and oxygen atoms in total. The molecule has 1 aromatic heterocycles. The number of carbonyl (C=O) groups excluding carboxylic acids is 2. The smallest absolute Gasteiger partial charge is 0.240 e. The summed E-state index contributed by atoms with van der Waals surface area (Å²) in [6, 6.07) is 12.6. The Morgan fingerprint density at radius 2 is 1.54 bits per heavy atom. The third-order valence-electron chi connectivity index (χ3n) is 8.45. The maximum absolute atomic E-state index is 15.3. The van der Waals surface area contributed by atoms with Crippen LogP contribution in [0, 0.1) is 22.5 Å². The molecule has 2 amide bonds. The number of hydrogen-bond acceptors (Lipinski definition) is 8. The van der Waals surface area contributed by atoms with Crippen LogP contribution < -0.4 is 24.8 Å². The number of rotatable bonds is 13. The van der Waals surface area contributed by atoms with Gasteiger partial charge in [0.15, 0.2) is 23.1 Å². The number of methoxy groups -OCH3 is 1. The van der Waals surface area contributed by atoms with Crippen molar-refractivity contribution in [1.29, 1.82) is 0 Å². The number of nitrogens with one attached hydrogen (secondary N) is 2. The van der Waals surface area contributed by atoms with Gasteiger partial charge in [0.2, 0.25) is 17.7 Å². The summed E-state index contributed by atoms with van der Waals surface area (Å²) >= 11 is 0. The van der Waals surface area contributed by atoms with E-state index in [0.717, 1.165) is 25.7 Å². The van der Waals surface area contributed by atoms with Gasteiger partial charge in [-0.2, -0.15) is 0 Å². The van der Waals surface area contributed by atoms with Crippen molar-refractivity contribution in [2.45, 2.75) is 34.1 Å². The van der Waals surface area contributed by atoms with E-state index in [4.69, 9.17) is 14.2 Å². The summed E-state index contributed by atoms with van der Waals surface area (Å²) < 4.78 is 46.0. The number of nitrogens with zero attached hydrogens (tertiary/aromatic N) is 3. The number of anilines is 2. The zero-order valence-electron chi connectivity index (χ0n) is 26.4. The molecule has 0 spiro atoms. The van der Waals surface area contributed by atoms with Crippen LogP contribution in [0.2, 0.25) is 0 Å². The van der Waals surface area contributed by atoms with E-state index in [1.807, 2.05) is 0 Å². The molecule has 2 N–H and O–H groups in total. The quantitative estimate of drug-likeness (QED) is 0.162. The minimum absolute atomic E-state index is 0.102. The Morgan fingerprint density at radius 3 is 2.15 bits per heavy atom. The Morgan fingerprint density at radius 1 is 0.891 bits per heavy atom. The molecule has 1 aliphatic carbocycles. The van der Waals surface area contributed by atoms with E-state index in [0.29, 0.717) is 34.7 Å². The van der Waals surface area contributed by atoms with Gasteiger partial charge in [-0.1, -0.05) is 27.7 Å². The summed E-state index contributed by atoms with van der Waals surface area (Å²) in [4.78, 5) is 37.4. The third-order valence-corrected chi connectivity index (χ3v) is 8.45. The molecule has 1 saturated carbocycles. The monoisotopic (exact) mass is 633 g/mol. The second kappa shape index (κ2) is 13.3. The highest BCUT2D eigenvalue weighted by Gasteiger charge is 2.71. The topological polar surface area (TPSA) is 115 Å². The summed E-state index contributed by atoms with van der Waals surface area (Å²) in [7, 11) is 1.52.